The first-order valence-corrected chi connectivity index (χ1v) is 12.0. The third-order valence-electron chi connectivity index (χ3n) is 6.60. The zero-order valence-corrected chi connectivity index (χ0v) is 20.8. The molecule has 4 aromatic rings. The van der Waals surface area contributed by atoms with Crippen LogP contribution in [0.4, 0.5) is 11.4 Å². The number of aromatic nitrogens is 3. The monoisotopic (exact) mass is 488 g/mol. The maximum Gasteiger partial charge on any atom is 0.269 e. The number of nitrogens with zero attached hydrogens (tertiary/aromatic N) is 6. The zero-order valence-electron chi connectivity index (χ0n) is 20.8. The lowest BCUT2D eigenvalue weighted by molar-refractivity contribution is -0.384. The molecule has 1 aliphatic heterocycles. The number of benzene rings is 1. The molecule has 1 fully saturated rings. The van der Waals surface area contributed by atoms with Crippen molar-refractivity contribution in [1.82, 2.24) is 19.7 Å². The van der Waals surface area contributed by atoms with E-state index in [1.165, 1.54) is 12.1 Å². The molecule has 0 radical (unpaired) electrons. The van der Waals surface area contributed by atoms with E-state index in [9.17, 15) is 14.9 Å². The molecule has 1 aromatic carbocycles. The summed E-state index contributed by atoms with van der Waals surface area (Å²) in [5.41, 5.74) is 3.77. The van der Waals surface area contributed by atoms with Gasteiger partial charge in [0.05, 0.1) is 27.8 Å². The molecule has 186 valence electrons. The van der Waals surface area contributed by atoms with E-state index < -0.39 is 4.92 Å². The molecule has 3 aromatic heterocycles. The molecule has 10 heteroatoms. The third-order valence-corrected chi connectivity index (χ3v) is 6.60. The summed E-state index contributed by atoms with van der Waals surface area (Å²) in [4.78, 5) is 33.2. The van der Waals surface area contributed by atoms with Crippen LogP contribution in [0.5, 0.6) is 0 Å². The molecule has 0 aliphatic carbocycles. The van der Waals surface area contributed by atoms with Crippen LogP contribution in [0.3, 0.4) is 0 Å². The average molecular weight is 489 g/mol. The molecule has 0 unspecified atom stereocenters. The van der Waals surface area contributed by atoms with E-state index in [1.807, 2.05) is 49.4 Å². The second-order valence-electron chi connectivity index (χ2n) is 9.35. The van der Waals surface area contributed by atoms with Gasteiger partial charge in [-0.1, -0.05) is 0 Å². The zero-order chi connectivity index (χ0) is 25.6. The average Bonchev–Trinajstić information content (AvgIpc) is 3.45. The second kappa shape index (κ2) is 9.10. The highest BCUT2D eigenvalue weighted by Crippen LogP contribution is 2.31. The van der Waals surface area contributed by atoms with Crippen molar-refractivity contribution < 1.29 is 14.1 Å². The van der Waals surface area contributed by atoms with E-state index in [4.69, 9.17) is 9.40 Å². The van der Waals surface area contributed by atoms with Crippen LogP contribution in [0.15, 0.2) is 47.0 Å². The van der Waals surface area contributed by atoms with Gasteiger partial charge in [0.25, 0.3) is 11.6 Å². The number of piperazine rings is 1. The van der Waals surface area contributed by atoms with Crippen LogP contribution in [0.25, 0.3) is 22.3 Å². The number of carbonyl (C=O) groups is 1. The lowest BCUT2D eigenvalue weighted by Crippen LogP contribution is -2.48. The summed E-state index contributed by atoms with van der Waals surface area (Å²) in [5, 5.41) is 16.2. The fourth-order valence-corrected chi connectivity index (χ4v) is 4.72. The molecule has 5 rings (SSSR count). The van der Waals surface area contributed by atoms with Gasteiger partial charge in [-0.25, -0.2) is 9.67 Å². The Labute approximate surface area is 208 Å². The van der Waals surface area contributed by atoms with Crippen LogP contribution in [-0.2, 0) is 0 Å². The molecule has 1 amide bonds. The Kier molecular flexibility index (Phi) is 5.95. The number of rotatable bonds is 5. The maximum absolute atomic E-state index is 13.8. The highest BCUT2D eigenvalue weighted by atomic mass is 16.6. The number of hydrogen-bond donors (Lipinski definition) is 0. The third kappa shape index (κ3) is 4.19. The van der Waals surface area contributed by atoms with Crippen molar-refractivity contribution in [3.8, 4) is 11.3 Å². The quantitative estimate of drug-likeness (QED) is 0.294. The Bertz CT molecular complexity index is 1450. The van der Waals surface area contributed by atoms with Crippen molar-refractivity contribution in [3.63, 3.8) is 0 Å². The molecular formula is C26H28N6O4. The Morgan fingerprint density at radius 1 is 1.08 bits per heavy atom. The van der Waals surface area contributed by atoms with Crippen molar-refractivity contribution in [3.05, 3.63) is 69.8 Å². The van der Waals surface area contributed by atoms with E-state index in [0.717, 1.165) is 28.2 Å². The van der Waals surface area contributed by atoms with Crippen LogP contribution < -0.4 is 4.90 Å². The predicted molar refractivity (Wildman–Crippen MR) is 136 cm³/mol. The van der Waals surface area contributed by atoms with E-state index in [0.29, 0.717) is 43.1 Å². The van der Waals surface area contributed by atoms with Crippen LogP contribution >= 0.6 is 0 Å². The highest BCUT2D eigenvalue weighted by Gasteiger charge is 2.27. The van der Waals surface area contributed by atoms with Crippen molar-refractivity contribution in [2.75, 3.05) is 31.1 Å². The van der Waals surface area contributed by atoms with Gasteiger partial charge in [0.2, 0.25) is 0 Å². The number of nitro groups is 1. The summed E-state index contributed by atoms with van der Waals surface area (Å²) >= 11 is 0. The number of nitro benzene ring substituents is 1. The smallest absolute Gasteiger partial charge is 0.269 e. The maximum atomic E-state index is 13.8. The standard InChI is InChI=1S/C26H28N6O4/c1-16(2)31-25-23(15-27-31)22(14-24(28-25)21-13-17(3)36-18(21)4)26(33)30-11-9-29(10-12-30)19-5-7-20(8-6-19)32(34)35/h5-8,13-16H,9-12H2,1-4H3. The minimum atomic E-state index is -0.405. The Balaban J connectivity index is 1.44. The highest BCUT2D eigenvalue weighted by molar-refractivity contribution is 6.06. The summed E-state index contributed by atoms with van der Waals surface area (Å²) in [6, 6.07) is 10.4. The number of anilines is 1. The molecule has 1 saturated heterocycles. The summed E-state index contributed by atoms with van der Waals surface area (Å²) < 4.78 is 7.57. The summed E-state index contributed by atoms with van der Waals surface area (Å²) in [6.07, 6.45) is 1.72. The van der Waals surface area contributed by atoms with Gasteiger partial charge in [-0.2, -0.15) is 5.10 Å². The number of non-ortho nitro benzene ring substituents is 1. The summed E-state index contributed by atoms with van der Waals surface area (Å²) in [6.45, 7) is 10.2. The molecule has 0 atom stereocenters. The van der Waals surface area contributed by atoms with Gasteiger partial charge < -0.3 is 14.2 Å². The van der Waals surface area contributed by atoms with Gasteiger partial charge in [0.15, 0.2) is 5.65 Å². The first-order chi connectivity index (χ1) is 17.2. The van der Waals surface area contributed by atoms with Gasteiger partial charge in [0, 0.05) is 55.6 Å². The van der Waals surface area contributed by atoms with Crippen molar-refractivity contribution in [2.45, 2.75) is 33.7 Å². The minimum absolute atomic E-state index is 0.0619. The normalized spacial score (nSPS) is 14.1. The number of amides is 1. The van der Waals surface area contributed by atoms with Crippen molar-refractivity contribution in [2.24, 2.45) is 0 Å². The van der Waals surface area contributed by atoms with Gasteiger partial charge in [-0.05, 0) is 52.0 Å². The largest absolute Gasteiger partial charge is 0.466 e. The van der Waals surface area contributed by atoms with Crippen LogP contribution in [0.2, 0.25) is 0 Å². The SMILES string of the molecule is Cc1cc(-c2cc(C(=O)N3CCN(c4ccc([N+](=O)[O-])cc4)CC3)c3cnn(C(C)C)c3n2)c(C)o1. The number of fused-ring (bicyclic) bond motifs is 1. The van der Waals surface area contributed by atoms with E-state index in [1.54, 1.807) is 18.3 Å². The number of carbonyl (C=O) groups excluding carboxylic acids is 1. The van der Waals surface area contributed by atoms with Gasteiger partial charge in [0.1, 0.15) is 11.5 Å². The molecule has 36 heavy (non-hydrogen) atoms. The molecular weight excluding hydrogens is 460 g/mol. The minimum Gasteiger partial charge on any atom is -0.466 e. The Morgan fingerprint density at radius 2 is 1.78 bits per heavy atom. The predicted octanol–water partition coefficient (Wildman–Crippen LogP) is 4.76. The Morgan fingerprint density at radius 3 is 2.36 bits per heavy atom. The van der Waals surface area contributed by atoms with Gasteiger partial charge in [-0.3, -0.25) is 14.9 Å². The van der Waals surface area contributed by atoms with Crippen molar-refractivity contribution >= 4 is 28.3 Å². The molecule has 0 saturated carbocycles. The number of hydrogen-bond acceptors (Lipinski definition) is 7. The van der Waals surface area contributed by atoms with E-state index in [2.05, 4.69) is 10.00 Å². The van der Waals surface area contributed by atoms with Crippen LogP contribution in [-0.4, -0.2) is 56.7 Å². The molecule has 4 heterocycles. The Hall–Kier alpha value is -4.21. The first kappa shape index (κ1) is 23.5. The molecule has 0 bridgehead atoms. The summed E-state index contributed by atoms with van der Waals surface area (Å²) in [5.74, 6) is 1.48. The fourth-order valence-electron chi connectivity index (χ4n) is 4.72. The molecule has 1 aliphatic rings. The van der Waals surface area contributed by atoms with E-state index >= 15 is 0 Å². The topological polar surface area (TPSA) is 111 Å². The molecule has 0 spiro atoms. The first-order valence-electron chi connectivity index (χ1n) is 12.0. The number of pyridine rings is 1. The lowest BCUT2D eigenvalue weighted by Gasteiger charge is -2.36. The lowest BCUT2D eigenvalue weighted by atomic mass is 10.1. The number of furan rings is 1. The fraction of sp³-hybridized carbons (Fsp3) is 0.346. The van der Waals surface area contributed by atoms with Gasteiger partial charge >= 0.3 is 0 Å². The molecule has 0 N–H and O–H groups in total. The molecule has 10 nitrogen and oxygen atoms in total. The second-order valence-corrected chi connectivity index (χ2v) is 9.35. The van der Waals surface area contributed by atoms with Gasteiger partial charge in [-0.15, -0.1) is 0 Å². The van der Waals surface area contributed by atoms with Crippen LogP contribution in [0.1, 0.15) is 41.8 Å². The van der Waals surface area contributed by atoms with Crippen molar-refractivity contribution in [1.29, 1.82) is 0 Å². The number of aryl methyl sites for hydroxylation is 2. The summed E-state index contributed by atoms with van der Waals surface area (Å²) in [7, 11) is 0. The van der Waals surface area contributed by atoms with E-state index in [-0.39, 0.29) is 17.6 Å². The van der Waals surface area contributed by atoms with Crippen LogP contribution in [0, 0.1) is 24.0 Å².